The molecule has 0 radical (unpaired) electrons. The summed E-state index contributed by atoms with van der Waals surface area (Å²) >= 11 is 0. The molecule has 0 saturated carbocycles. The lowest BCUT2D eigenvalue weighted by atomic mass is 10.2. The maximum absolute atomic E-state index is 8.51. The highest BCUT2D eigenvalue weighted by molar-refractivity contribution is 4.89. The normalized spacial score (nSPS) is 28.4. The fourth-order valence-corrected chi connectivity index (χ4v) is 1.04. The summed E-state index contributed by atoms with van der Waals surface area (Å²) in [5.41, 5.74) is -0.172. The smallest absolute Gasteiger partial charge is 0.177 e. The second kappa shape index (κ2) is 4.03. The first kappa shape index (κ1) is 9.71. The van der Waals surface area contributed by atoms with Crippen LogP contribution in [0.25, 0.3) is 0 Å². The summed E-state index contributed by atoms with van der Waals surface area (Å²) in [6.07, 6.45) is 4.13. The van der Waals surface area contributed by atoms with Crippen LogP contribution in [-0.2, 0) is 9.47 Å². The van der Waals surface area contributed by atoms with Gasteiger partial charge < -0.3 is 14.6 Å². The van der Waals surface area contributed by atoms with E-state index < -0.39 is 0 Å². The average Bonchev–Trinajstić information content (AvgIpc) is 2.31. The van der Waals surface area contributed by atoms with Crippen molar-refractivity contribution in [3.63, 3.8) is 0 Å². The summed E-state index contributed by atoms with van der Waals surface area (Å²) in [4.78, 5) is 0. The molecule has 0 bridgehead atoms. The zero-order valence-corrected chi connectivity index (χ0v) is 7.62. The van der Waals surface area contributed by atoms with Gasteiger partial charge in [0.05, 0.1) is 12.2 Å². The third-order valence-corrected chi connectivity index (χ3v) is 1.62. The van der Waals surface area contributed by atoms with Gasteiger partial charge in [-0.05, 0) is 26.3 Å². The molecule has 0 aromatic carbocycles. The minimum Gasteiger partial charge on any atom is -0.396 e. The molecule has 3 heteroatoms. The molecule has 1 unspecified atom stereocenters. The maximum Gasteiger partial charge on any atom is 0.177 e. The minimum absolute atomic E-state index is 0.172. The summed E-state index contributed by atoms with van der Waals surface area (Å²) in [5, 5.41) is 8.51. The molecule has 0 aliphatic carbocycles. The van der Waals surface area contributed by atoms with Gasteiger partial charge in [0.25, 0.3) is 0 Å². The first-order valence-electron chi connectivity index (χ1n) is 4.21. The second-order valence-electron chi connectivity index (χ2n) is 3.50. The third-order valence-electron chi connectivity index (χ3n) is 1.62. The average molecular weight is 172 g/mol. The lowest BCUT2D eigenvalue weighted by molar-refractivity contribution is -0.0446. The van der Waals surface area contributed by atoms with Gasteiger partial charge >= 0.3 is 0 Å². The molecule has 1 N–H and O–H groups in total. The van der Waals surface area contributed by atoms with Crippen molar-refractivity contribution in [3.05, 3.63) is 12.2 Å². The SMILES string of the molecule is CC1(C)COC(/C=C/CCO)O1. The van der Waals surface area contributed by atoms with Crippen molar-refractivity contribution >= 4 is 0 Å². The van der Waals surface area contributed by atoms with Crippen LogP contribution in [0, 0.1) is 0 Å². The van der Waals surface area contributed by atoms with Crippen LogP contribution < -0.4 is 0 Å². The van der Waals surface area contributed by atoms with E-state index in [0.29, 0.717) is 13.0 Å². The molecule has 1 saturated heterocycles. The zero-order chi connectivity index (χ0) is 9.03. The predicted molar refractivity (Wildman–Crippen MR) is 45.7 cm³/mol. The highest BCUT2D eigenvalue weighted by atomic mass is 16.7. The molecule has 0 aromatic heterocycles. The van der Waals surface area contributed by atoms with Crippen LogP contribution in [0.1, 0.15) is 20.3 Å². The van der Waals surface area contributed by atoms with Crippen molar-refractivity contribution in [2.45, 2.75) is 32.2 Å². The van der Waals surface area contributed by atoms with Crippen LogP contribution >= 0.6 is 0 Å². The number of ether oxygens (including phenoxy) is 2. The molecule has 1 aliphatic rings. The Morgan fingerprint density at radius 1 is 1.58 bits per heavy atom. The Bertz CT molecular complexity index is 163. The largest absolute Gasteiger partial charge is 0.396 e. The zero-order valence-electron chi connectivity index (χ0n) is 7.62. The Labute approximate surface area is 73.0 Å². The lowest BCUT2D eigenvalue weighted by Crippen LogP contribution is -2.22. The van der Waals surface area contributed by atoms with Gasteiger partial charge in [0.2, 0.25) is 0 Å². The summed E-state index contributed by atoms with van der Waals surface area (Å²) < 4.78 is 10.8. The number of aliphatic hydroxyl groups excluding tert-OH is 1. The lowest BCUT2D eigenvalue weighted by Gasteiger charge is -2.13. The fourth-order valence-electron chi connectivity index (χ4n) is 1.04. The van der Waals surface area contributed by atoms with Crippen molar-refractivity contribution in [1.29, 1.82) is 0 Å². The van der Waals surface area contributed by atoms with Gasteiger partial charge in [0, 0.05) is 6.61 Å². The van der Waals surface area contributed by atoms with Crippen LogP contribution in [0.4, 0.5) is 0 Å². The Hall–Kier alpha value is -0.380. The molecule has 12 heavy (non-hydrogen) atoms. The molecule has 70 valence electrons. The van der Waals surface area contributed by atoms with Crippen LogP contribution in [0.15, 0.2) is 12.2 Å². The Morgan fingerprint density at radius 2 is 2.33 bits per heavy atom. The highest BCUT2D eigenvalue weighted by Crippen LogP contribution is 2.22. The highest BCUT2D eigenvalue weighted by Gasteiger charge is 2.30. The maximum atomic E-state index is 8.51. The Balaban J connectivity index is 2.28. The van der Waals surface area contributed by atoms with E-state index in [4.69, 9.17) is 14.6 Å². The summed E-state index contributed by atoms with van der Waals surface area (Å²) in [6, 6.07) is 0. The van der Waals surface area contributed by atoms with E-state index in [0.717, 1.165) is 0 Å². The van der Waals surface area contributed by atoms with Gasteiger partial charge in [-0.15, -0.1) is 0 Å². The molecule has 1 atom stereocenters. The van der Waals surface area contributed by atoms with Crippen molar-refractivity contribution in [2.75, 3.05) is 13.2 Å². The van der Waals surface area contributed by atoms with Crippen molar-refractivity contribution in [2.24, 2.45) is 0 Å². The minimum atomic E-state index is -0.230. The third kappa shape index (κ3) is 2.93. The number of hydrogen-bond acceptors (Lipinski definition) is 3. The van der Waals surface area contributed by atoms with Crippen LogP contribution in [0.5, 0.6) is 0 Å². The first-order chi connectivity index (χ1) is 5.64. The van der Waals surface area contributed by atoms with Crippen LogP contribution in [0.2, 0.25) is 0 Å². The topological polar surface area (TPSA) is 38.7 Å². The van der Waals surface area contributed by atoms with E-state index in [1.165, 1.54) is 0 Å². The molecular formula is C9H16O3. The predicted octanol–water partition coefficient (Wildman–Crippen LogP) is 1.08. The fraction of sp³-hybridized carbons (Fsp3) is 0.778. The Morgan fingerprint density at radius 3 is 2.83 bits per heavy atom. The summed E-state index contributed by atoms with van der Waals surface area (Å²) in [7, 11) is 0. The van der Waals surface area contributed by atoms with Gasteiger partial charge in [0.15, 0.2) is 6.29 Å². The molecule has 1 heterocycles. The molecule has 3 nitrogen and oxygen atoms in total. The van der Waals surface area contributed by atoms with E-state index in [1.807, 2.05) is 26.0 Å². The van der Waals surface area contributed by atoms with Gasteiger partial charge in [-0.3, -0.25) is 0 Å². The molecule has 1 aliphatic heterocycles. The standard InChI is InChI=1S/C9H16O3/c1-9(2)7-11-8(12-9)5-3-4-6-10/h3,5,8,10H,4,6-7H2,1-2H3/b5-3+. The van der Waals surface area contributed by atoms with Gasteiger partial charge in [-0.25, -0.2) is 0 Å². The van der Waals surface area contributed by atoms with E-state index in [9.17, 15) is 0 Å². The second-order valence-corrected chi connectivity index (χ2v) is 3.50. The molecular weight excluding hydrogens is 156 g/mol. The van der Waals surface area contributed by atoms with Crippen molar-refractivity contribution in [3.8, 4) is 0 Å². The van der Waals surface area contributed by atoms with E-state index in [-0.39, 0.29) is 18.5 Å². The molecule has 1 rings (SSSR count). The molecule has 1 fully saturated rings. The van der Waals surface area contributed by atoms with E-state index >= 15 is 0 Å². The number of aliphatic hydroxyl groups is 1. The van der Waals surface area contributed by atoms with Gasteiger partial charge in [-0.2, -0.15) is 0 Å². The van der Waals surface area contributed by atoms with Gasteiger partial charge in [0.1, 0.15) is 0 Å². The van der Waals surface area contributed by atoms with E-state index in [1.54, 1.807) is 0 Å². The van der Waals surface area contributed by atoms with Crippen LogP contribution in [0.3, 0.4) is 0 Å². The van der Waals surface area contributed by atoms with Gasteiger partial charge in [-0.1, -0.05) is 6.08 Å². The monoisotopic (exact) mass is 172 g/mol. The van der Waals surface area contributed by atoms with E-state index in [2.05, 4.69) is 0 Å². The van der Waals surface area contributed by atoms with Crippen LogP contribution in [-0.4, -0.2) is 30.2 Å². The molecule has 0 aromatic rings. The quantitative estimate of drug-likeness (QED) is 0.647. The molecule has 0 amide bonds. The number of hydrogen-bond donors (Lipinski definition) is 1. The summed E-state index contributed by atoms with van der Waals surface area (Å²) in [6.45, 7) is 4.79. The Kier molecular flexibility index (Phi) is 3.26. The number of rotatable bonds is 3. The van der Waals surface area contributed by atoms with Crippen molar-refractivity contribution < 1.29 is 14.6 Å². The first-order valence-corrected chi connectivity index (χ1v) is 4.21. The van der Waals surface area contributed by atoms with Crippen molar-refractivity contribution in [1.82, 2.24) is 0 Å². The summed E-state index contributed by atoms with van der Waals surface area (Å²) in [5.74, 6) is 0. The molecule has 0 spiro atoms.